The number of carbonyl (C=O) groups is 1. The van der Waals surface area contributed by atoms with Crippen molar-refractivity contribution in [3.8, 4) is 0 Å². The lowest BCUT2D eigenvalue weighted by atomic mass is 10.2. The molecule has 0 aliphatic rings. The van der Waals surface area contributed by atoms with Crippen LogP contribution in [0.25, 0.3) is 6.08 Å². The molecule has 25 heavy (non-hydrogen) atoms. The third-order valence-corrected chi connectivity index (χ3v) is 3.34. The maximum absolute atomic E-state index is 11.6. The summed E-state index contributed by atoms with van der Waals surface area (Å²) in [7, 11) is 0. The maximum Gasteiger partial charge on any atom is 0.407 e. The van der Waals surface area contributed by atoms with Gasteiger partial charge in [-0.2, -0.15) is 0 Å². The van der Waals surface area contributed by atoms with Crippen molar-refractivity contribution in [3.05, 3.63) is 75.1 Å². The summed E-state index contributed by atoms with van der Waals surface area (Å²) in [6, 6.07) is 10.6. The Hall–Kier alpha value is -2.93. The molecular weight excluding hydrogens is 346 g/mol. The fourth-order valence-electron chi connectivity index (χ4n) is 1.94. The van der Waals surface area contributed by atoms with Crippen molar-refractivity contribution in [3.63, 3.8) is 0 Å². The van der Waals surface area contributed by atoms with E-state index < -0.39 is 11.0 Å². The highest BCUT2D eigenvalue weighted by Gasteiger charge is 2.13. The SMILES string of the molecule is O=C(NCCC=Cc1ncc(Cl)cc1[N+](=O)[O-])OCc1ccccc1. The van der Waals surface area contributed by atoms with Crippen LogP contribution in [0.3, 0.4) is 0 Å². The van der Waals surface area contributed by atoms with Gasteiger partial charge in [0.1, 0.15) is 12.3 Å². The molecule has 2 rings (SSSR count). The van der Waals surface area contributed by atoms with Gasteiger partial charge in [-0.05, 0) is 18.1 Å². The van der Waals surface area contributed by atoms with E-state index in [0.717, 1.165) is 5.56 Å². The fourth-order valence-corrected chi connectivity index (χ4v) is 2.09. The summed E-state index contributed by atoms with van der Waals surface area (Å²) < 4.78 is 5.07. The number of nitrogens with one attached hydrogen (secondary N) is 1. The lowest BCUT2D eigenvalue weighted by molar-refractivity contribution is -0.385. The quantitative estimate of drug-likeness (QED) is 0.457. The van der Waals surface area contributed by atoms with E-state index in [9.17, 15) is 14.9 Å². The Morgan fingerprint density at radius 1 is 1.36 bits per heavy atom. The molecule has 130 valence electrons. The zero-order chi connectivity index (χ0) is 18.1. The van der Waals surface area contributed by atoms with E-state index in [2.05, 4.69) is 10.3 Å². The number of amides is 1. The molecule has 0 fully saturated rings. The molecule has 1 N–H and O–H groups in total. The van der Waals surface area contributed by atoms with Crippen molar-refractivity contribution in [1.82, 2.24) is 10.3 Å². The summed E-state index contributed by atoms with van der Waals surface area (Å²) in [5.74, 6) is 0. The summed E-state index contributed by atoms with van der Waals surface area (Å²) in [4.78, 5) is 25.9. The number of hydrogen-bond donors (Lipinski definition) is 1. The zero-order valence-electron chi connectivity index (χ0n) is 13.2. The van der Waals surface area contributed by atoms with Crippen molar-refractivity contribution in [2.45, 2.75) is 13.0 Å². The summed E-state index contributed by atoms with van der Waals surface area (Å²) in [6.07, 6.45) is 4.49. The molecule has 0 aliphatic carbocycles. The van der Waals surface area contributed by atoms with Gasteiger partial charge in [0.2, 0.25) is 0 Å². The number of hydrogen-bond acceptors (Lipinski definition) is 5. The minimum Gasteiger partial charge on any atom is -0.445 e. The smallest absolute Gasteiger partial charge is 0.407 e. The topological polar surface area (TPSA) is 94.4 Å². The van der Waals surface area contributed by atoms with Crippen LogP contribution in [-0.2, 0) is 11.3 Å². The Morgan fingerprint density at radius 3 is 2.84 bits per heavy atom. The number of halogens is 1. The molecule has 0 atom stereocenters. The van der Waals surface area contributed by atoms with Crippen LogP contribution in [0.15, 0.2) is 48.7 Å². The molecule has 0 bridgehead atoms. The molecule has 0 spiro atoms. The van der Waals surface area contributed by atoms with Crippen LogP contribution >= 0.6 is 11.6 Å². The number of rotatable bonds is 7. The number of nitro groups is 1. The van der Waals surface area contributed by atoms with Gasteiger partial charge in [-0.3, -0.25) is 10.1 Å². The summed E-state index contributed by atoms with van der Waals surface area (Å²) in [6.45, 7) is 0.537. The van der Waals surface area contributed by atoms with Crippen LogP contribution in [0.4, 0.5) is 10.5 Å². The molecule has 0 aliphatic heterocycles. The van der Waals surface area contributed by atoms with Gasteiger partial charge in [-0.25, -0.2) is 9.78 Å². The minimum atomic E-state index is -0.544. The maximum atomic E-state index is 11.6. The molecule has 1 aromatic carbocycles. The van der Waals surface area contributed by atoms with Gasteiger partial charge in [-0.1, -0.05) is 48.0 Å². The molecule has 0 unspecified atom stereocenters. The Morgan fingerprint density at radius 2 is 2.12 bits per heavy atom. The van der Waals surface area contributed by atoms with Gasteiger partial charge in [0.15, 0.2) is 0 Å². The van der Waals surface area contributed by atoms with Gasteiger partial charge in [0.25, 0.3) is 5.69 Å². The van der Waals surface area contributed by atoms with E-state index in [0.29, 0.717) is 13.0 Å². The van der Waals surface area contributed by atoms with Crippen LogP contribution in [0.5, 0.6) is 0 Å². The lowest BCUT2D eigenvalue weighted by Crippen LogP contribution is -2.24. The molecule has 0 radical (unpaired) electrons. The largest absolute Gasteiger partial charge is 0.445 e. The minimum absolute atomic E-state index is 0.168. The standard InChI is InChI=1S/C17H16ClN3O4/c18-14-10-16(21(23)24)15(20-11-14)8-4-5-9-19-17(22)25-12-13-6-2-1-3-7-13/h1-4,6-8,10-11H,5,9,12H2,(H,19,22). The normalized spacial score (nSPS) is 10.6. The van der Waals surface area contributed by atoms with Crippen LogP contribution < -0.4 is 5.32 Å². The van der Waals surface area contributed by atoms with Gasteiger partial charge >= 0.3 is 6.09 Å². The molecule has 0 saturated carbocycles. The Kier molecular flexibility index (Phi) is 6.91. The van der Waals surface area contributed by atoms with Crippen molar-refractivity contribution >= 4 is 29.5 Å². The van der Waals surface area contributed by atoms with Crippen LogP contribution in [0.1, 0.15) is 17.7 Å². The van der Waals surface area contributed by atoms with Crippen molar-refractivity contribution in [2.24, 2.45) is 0 Å². The lowest BCUT2D eigenvalue weighted by Gasteiger charge is -2.05. The zero-order valence-corrected chi connectivity index (χ0v) is 14.0. The molecule has 2 aromatic rings. The van der Waals surface area contributed by atoms with Gasteiger partial charge in [0, 0.05) is 18.8 Å². The average molecular weight is 362 g/mol. The predicted molar refractivity (Wildman–Crippen MR) is 94.2 cm³/mol. The number of pyridine rings is 1. The van der Waals surface area contributed by atoms with Gasteiger partial charge in [-0.15, -0.1) is 0 Å². The average Bonchev–Trinajstić information content (AvgIpc) is 2.61. The number of carbonyl (C=O) groups excluding carboxylic acids is 1. The Balaban J connectivity index is 1.74. The highest BCUT2D eigenvalue weighted by Crippen LogP contribution is 2.21. The third-order valence-electron chi connectivity index (χ3n) is 3.13. The van der Waals surface area contributed by atoms with Crippen molar-refractivity contribution < 1.29 is 14.5 Å². The Labute approximate surface area is 149 Å². The van der Waals surface area contributed by atoms with Crippen molar-refractivity contribution in [1.29, 1.82) is 0 Å². The van der Waals surface area contributed by atoms with E-state index in [-0.39, 0.29) is 23.0 Å². The van der Waals surface area contributed by atoms with E-state index in [1.807, 2.05) is 30.3 Å². The Bertz CT molecular complexity index is 766. The van der Waals surface area contributed by atoms with Crippen LogP contribution in [-0.4, -0.2) is 22.5 Å². The first-order valence-corrected chi connectivity index (χ1v) is 7.85. The number of ether oxygens (including phenoxy) is 1. The summed E-state index contributed by atoms with van der Waals surface area (Å²) in [5.41, 5.74) is 0.943. The molecule has 1 aromatic heterocycles. The number of benzene rings is 1. The highest BCUT2D eigenvalue weighted by atomic mass is 35.5. The molecule has 7 nitrogen and oxygen atoms in total. The van der Waals surface area contributed by atoms with Crippen LogP contribution in [0, 0.1) is 10.1 Å². The number of aromatic nitrogens is 1. The van der Waals surface area contributed by atoms with E-state index >= 15 is 0 Å². The third kappa shape index (κ3) is 6.23. The van der Waals surface area contributed by atoms with E-state index in [4.69, 9.17) is 16.3 Å². The first-order chi connectivity index (χ1) is 12.1. The van der Waals surface area contributed by atoms with E-state index in [1.165, 1.54) is 18.3 Å². The fraction of sp³-hybridized carbons (Fsp3) is 0.176. The van der Waals surface area contributed by atoms with Gasteiger partial charge < -0.3 is 10.1 Å². The monoisotopic (exact) mass is 361 g/mol. The number of nitrogens with zero attached hydrogens (tertiary/aromatic N) is 2. The van der Waals surface area contributed by atoms with Gasteiger partial charge in [0.05, 0.1) is 9.95 Å². The molecule has 8 heteroatoms. The predicted octanol–water partition coefficient (Wildman–Crippen LogP) is 3.97. The van der Waals surface area contributed by atoms with E-state index in [1.54, 1.807) is 6.08 Å². The second-order valence-electron chi connectivity index (χ2n) is 4.99. The first kappa shape index (κ1) is 18.4. The number of alkyl carbamates (subject to hydrolysis) is 1. The molecule has 1 heterocycles. The summed E-state index contributed by atoms with van der Waals surface area (Å²) in [5, 5.41) is 13.7. The van der Waals surface area contributed by atoms with Crippen LogP contribution in [0.2, 0.25) is 5.02 Å². The molecular formula is C17H16ClN3O4. The summed E-state index contributed by atoms with van der Waals surface area (Å²) >= 11 is 5.70. The molecule has 1 amide bonds. The molecule has 0 saturated heterocycles. The second kappa shape index (κ2) is 9.39. The van der Waals surface area contributed by atoms with Crippen molar-refractivity contribution in [2.75, 3.05) is 6.54 Å². The first-order valence-electron chi connectivity index (χ1n) is 7.47. The second-order valence-corrected chi connectivity index (χ2v) is 5.43. The highest BCUT2D eigenvalue weighted by molar-refractivity contribution is 6.30.